The lowest BCUT2D eigenvalue weighted by molar-refractivity contribution is 0.0442. The molecule has 1 aromatic heterocycles. The molecular formula is C18H28ClN3O. The summed E-state index contributed by atoms with van der Waals surface area (Å²) in [5.41, 5.74) is 1.31. The first-order chi connectivity index (χ1) is 11.1. The number of aromatic nitrogens is 2. The van der Waals surface area contributed by atoms with Crippen molar-refractivity contribution in [2.75, 3.05) is 0 Å². The summed E-state index contributed by atoms with van der Waals surface area (Å²) in [6.45, 7) is 1.91. The quantitative estimate of drug-likeness (QED) is 0.815. The highest BCUT2D eigenvalue weighted by molar-refractivity contribution is 6.34. The average molecular weight is 338 g/mol. The van der Waals surface area contributed by atoms with Crippen LogP contribution in [0.2, 0.25) is 5.02 Å². The zero-order valence-electron chi connectivity index (χ0n) is 14.4. The van der Waals surface area contributed by atoms with Crippen LogP contribution < -0.4 is 0 Å². The van der Waals surface area contributed by atoms with Crippen molar-refractivity contribution in [3.05, 3.63) is 16.4 Å². The molecule has 128 valence electrons. The minimum Gasteiger partial charge on any atom is -0.331 e. The highest BCUT2D eigenvalue weighted by Crippen LogP contribution is 2.32. The Labute approximate surface area is 144 Å². The van der Waals surface area contributed by atoms with Gasteiger partial charge < -0.3 is 4.90 Å². The molecule has 0 bridgehead atoms. The third-order valence-electron chi connectivity index (χ3n) is 5.63. The monoisotopic (exact) mass is 337 g/mol. The standard InChI is InChI=1S/C18H28ClN3O/c1-13-16(19)17(20-21(13)2)18(23)22(14-9-5-3-6-10-14)15-11-7-4-8-12-15/h14-15H,3-12H2,1-2H3. The maximum absolute atomic E-state index is 13.3. The molecule has 2 aliphatic rings. The van der Waals surface area contributed by atoms with E-state index in [1.807, 2.05) is 14.0 Å². The van der Waals surface area contributed by atoms with Crippen molar-refractivity contribution in [1.29, 1.82) is 0 Å². The van der Waals surface area contributed by atoms with Gasteiger partial charge in [-0.3, -0.25) is 9.48 Å². The smallest absolute Gasteiger partial charge is 0.276 e. The fourth-order valence-electron chi connectivity index (χ4n) is 4.19. The summed E-state index contributed by atoms with van der Waals surface area (Å²) in [6.07, 6.45) is 12.0. The molecule has 0 saturated heterocycles. The Morgan fingerprint density at radius 3 is 1.91 bits per heavy atom. The number of aryl methyl sites for hydroxylation is 1. The van der Waals surface area contributed by atoms with Crippen molar-refractivity contribution < 1.29 is 4.79 Å². The lowest BCUT2D eigenvalue weighted by Crippen LogP contribution is -2.49. The SMILES string of the molecule is Cc1c(Cl)c(C(=O)N(C2CCCCC2)C2CCCCC2)nn1C. The third-order valence-corrected chi connectivity index (χ3v) is 6.09. The van der Waals surface area contributed by atoms with E-state index in [0.717, 1.165) is 31.4 Å². The molecule has 5 heteroatoms. The molecule has 2 saturated carbocycles. The van der Waals surface area contributed by atoms with Gasteiger partial charge in [0, 0.05) is 19.1 Å². The fourth-order valence-corrected chi connectivity index (χ4v) is 4.43. The van der Waals surface area contributed by atoms with Gasteiger partial charge in [-0.15, -0.1) is 0 Å². The molecule has 1 amide bonds. The van der Waals surface area contributed by atoms with Crippen LogP contribution in [-0.4, -0.2) is 32.7 Å². The van der Waals surface area contributed by atoms with Crippen molar-refractivity contribution in [3.8, 4) is 0 Å². The van der Waals surface area contributed by atoms with Crippen LogP contribution in [0.1, 0.15) is 80.4 Å². The molecule has 1 heterocycles. The van der Waals surface area contributed by atoms with Gasteiger partial charge in [-0.05, 0) is 32.6 Å². The first-order valence-corrected chi connectivity index (χ1v) is 9.49. The van der Waals surface area contributed by atoms with Gasteiger partial charge in [0.1, 0.15) is 0 Å². The number of hydrogen-bond donors (Lipinski definition) is 0. The molecule has 2 fully saturated rings. The van der Waals surface area contributed by atoms with Gasteiger partial charge in [0.15, 0.2) is 5.69 Å². The summed E-state index contributed by atoms with van der Waals surface area (Å²) in [4.78, 5) is 15.5. The molecule has 1 aromatic rings. The number of halogens is 1. The average Bonchev–Trinajstić information content (AvgIpc) is 2.84. The lowest BCUT2D eigenvalue weighted by Gasteiger charge is -2.41. The van der Waals surface area contributed by atoms with Crippen LogP contribution in [0.5, 0.6) is 0 Å². The van der Waals surface area contributed by atoms with Crippen LogP contribution >= 0.6 is 11.6 Å². The molecule has 23 heavy (non-hydrogen) atoms. The molecule has 0 radical (unpaired) electrons. The Balaban J connectivity index is 1.89. The van der Waals surface area contributed by atoms with Gasteiger partial charge in [0.05, 0.1) is 10.7 Å². The number of hydrogen-bond acceptors (Lipinski definition) is 2. The molecule has 0 spiro atoms. The van der Waals surface area contributed by atoms with E-state index in [1.54, 1.807) is 4.68 Å². The number of amides is 1. The van der Waals surface area contributed by atoms with Crippen LogP contribution in [0.4, 0.5) is 0 Å². The van der Waals surface area contributed by atoms with Crippen LogP contribution in [-0.2, 0) is 7.05 Å². The maximum Gasteiger partial charge on any atom is 0.276 e. The van der Waals surface area contributed by atoms with Crippen LogP contribution in [0.15, 0.2) is 0 Å². The number of carbonyl (C=O) groups excluding carboxylic acids is 1. The Bertz CT molecular complexity index is 539. The van der Waals surface area contributed by atoms with Gasteiger partial charge in [0.25, 0.3) is 5.91 Å². The third kappa shape index (κ3) is 3.42. The highest BCUT2D eigenvalue weighted by atomic mass is 35.5. The Hall–Kier alpha value is -1.03. The second-order valence-corrected chi connectivity index (χ2v) is 7.55. The normalized spacial score (nSPS) is 20.7. The van der Waals surface area contributed by atoms with Crippen molar-refractivity contribution >= 4 is 17.5 Å². The molecule has 0 aliphatic heterocycles. The van der Waals surface area contributed by atoms with E-state index in [4.69, 9.17) is 11.6 Å². The predicted molar refractivity (Wildman–Crippen MR) is 92.9 cm³/mol. The summed E-state index contributed by atoms with van der Waals surface area (Å²) in [7, 11) is 1.85. The number of carbonyl (C=O) groups is 1. The molecular weight excluding hydrogens is 310 g/mol. The predicted octanol–water partition coefficient (Wildman–Crippen LogP) is 4.49. The second kappa shape index (κ2) is 7.25. The number of rotatable bonds is 3. The van der Waals surface area contributed by atoms with Gasteiger partial charge in [-0.2, -0.15) is 5.10 Å². The fraction of sp³-hybridized carbons (Fsp3) is 0.778. The van der Waals surface area contributed by atoms with Crippen LogP contribution in [0, 0.1) is 6.92 Å². The van der Waals surface area contributed by atoms with E-state index in [9.17, 15) is 4.79 Å². The summed E-state index contributed by atoms with van der Waals surface area (Å²) >= 11 is 6.40. The molecule has 0 atom stereocenters. The summed E-state index contributed by atoms with van der Waals surface area (Å²) in [5.74, 6) is 0.0532. The van der Waals surface area contributed by atoms with E-state index in [2.05, 4.69) is 10.00 Å². The molecule has 0 aromatic carbocycles. The van der Waals surface area contributed by atoms with Crippen LogP contribution in [0.3, 0.4) is 0 Å². The minimum atomic E-state index is 0.0532. The topological polar surface area (TPSA) is 38.1 Å². The van der Waals surface area contributed by atoms with Crippen molar-refractivity contribution in [3.63, 3.8) is 0 Å². The molecule has 3 rings (SSSR count). The summed E-state index contributed by atoms with van der Waals surface area (Å²) in [6, 6.07) is 0.746. The Morgan fingerprint density at radius 2 is 1.52 bits per heavy atom. The largest absolute Gasteiger partial charge is 0.331 e. The molecule has 0 unspecified atom stereocenters. The van der Waals surface area contributed by atoms with Gasteiger partial charge in [-0.1, -0.05) is 50.1 Å². The molecule has 2 aliphatic carbocycles. The Morgan fingerprint density at radius 1 is 1.04 bits per heavy atom. The van der Waals surface area contributed by atoms with Crippen LogP contribution in [0.25, 0.3) is 0 Å². The van der Waals surface area contributed by atoms with E-state index < -0.39 is 0 Å². The van der Waals surface area contributed by atoms with E-state index in [1.165, 1.54) is 38.5 Å². The van der Waals surface area contributed by atoms with Crippen molar-refractivity contribution in [1.82, 2.24) is 14.7 Å². The lowest BCUT2D eigenvalue weighted by atomic mass is 9.88. The Kier molecular flexibility index (Phi) is 5.30. The van der Waals surface area contributed by atoms with Crippen molar-refractivity contribution in [2.24, 2.45) is 7.05 Å². The summed E-state index contributed by atoms with van der Waals surface area (Å²) < 4.78 is 1.72. The first kappa shape index (κ1) is 16.8. The van der Waals surface area contributed by atoms with Crippen molar-refractivity contribution in [2.45, 2.75) is 83.2 Å². The zero-order chi connectivity index (χ0) is 16.4. The van der Waals surface area contributed by atoms with E-state index >= 15 is 0 Å². The summed E-state index contributed by atoms with van der Waals surface area (Å²) in [5, 5.41) is 4.94. The van der Waals surface area contributed by atoms with Gasteiger partial charge in [0.2, 0.25) is 0 Å². The van der Waals surface area contributed by atoms with E-state index in [0.29, 0.717) is 22.8 Å². The van der Waals surface area contributed by atoms with Gasteiger partial charge >= 0.3 is 0 Å². The maximum atomic E-state index is 13.3. The molecule has 0 N–H and O–H groups in total. The van der Waals surface area contributed by atoms with Gasteiger partial charge in [-0.25, -0.2) is 0 Å². The minimum absolute atomic E-state index is 0.0532. The molecule has 4 nitrogen and oxygen atoms in total. The highest BCUT2D eigenvalue weighted by Gasteiger charge is 2.35. The van der Waals surface area contributed by atoms with E-state index in [-0.39, 0.29) is 5.91 Å². The zero-order valence-corrected chi connectivity index (χ0v) is 15.1. The second-order valence-electron chi connectivity index (χ2n) is 7.17. The first-order valence-electron chi connectivity index (χ1n) is 9.11. The number of nitrogens with zero attached hydrogens (tertiary/aromatic N) is 3.